The Morgan fingerprint density at radius 3 is 2.68 bits per heavy atom. The van der Waals surface area contributed by atoms with Crippen LogP contribution in [0.2, 0.25) is 0 Å². The summed E-state index contributed by atoms with van der Waals surface area (Å²) in [5, 5.41) is 0. The molecule has 0 atom stereocenters. The van der Waals surface area contributed by atoms with Gasteiger partial charge in [0.2, 0.25) is 0 Å². The first-order chi connectivity index (χ1) is 9.24. The number of rotatable bonds is 5. The number of hydrogen-bond acceptors (Lipinski definition) is 3. The molecule has 2 aromatic rings. The molecule has 19 heavy (non-hydrogen) atoms. The van der Waals surface area contributed by atoms with Crippen LogP contribution < -0.4 is 10.5 Å². The molecule has 0 aromatic heterocycles. The van der Waals surface area contributed by atoms with E-state index in [1.165, 1.54) is 12.1 Å². The van der Waals surface area contributed by atoms with Crippen molar-refractivity contribution in [2.24, 2.45) is 5.73 Å². The van der Waals surface area contributed by atoms with Crippen LogP contribution in [0.25, 0.3) is 0 Å². The van der Waals surface area contributed by atoms with E-state index < -0.39 is 0 Å². The molecule has 100 valence electrons. The van der Waals surface area contributed by atoms with E-state index in [4.69, 9.17) is 10.5 Å². The Labute approximate surface area is 116 Å². The zero-order chi connectivity index (χ0) is 13.7. The van der Waals surface area contributed by atoms with Crippen LogP contribution in [0.1, 0.15) is 12.5 Å². The predicted octanol–water partition coefficient (Wildman–Crippen LogP) is 4.19. The van der Waals surface area contributed by atoms with E-state index in [2.05, 4.69) is 6.92 Å². The number of benzene rings is 2. The van der Waals surface area contributed by atoms with Gasteiger partial charge in [-0.15, -0.1) is 11.8 Å². The highest BCUT2D eigenvalue weighted by Crippen LogP contribution is 2.32. The summed E-state index contributed by atoms with van der Waals surface area (Å²) in [5.41, 5.74) is 6.75. The van der Waals surface area contributed by atoms with Crippen molar-refractivity contribution >= 4 is 11.8 Å². The summed E-state index contributed by atoms with van der Waals surface area (Å²) >= 11 is 1.72. The van der Waals surface area contributed by atoms with Gasteiger partial charge in [-0.25, -0.2) is 4.39 Å². The van der Waals surface area contributed by atoms with Gasteiger partial charge in [-0.05, 0) is 30.0 Å². The van der Waals surface area contributed by atoms with Crippen molar-refractivity contribution in [2.45, 2.75) is 18.4 Å². The lowest BCUT2D eigenvalue weighted by atomic mass is 10.2. The lowest BCUT2D eigenvalue weighted by molar-refractivity contribution is 0.469. The molecule has 2 rings (SSSR count). The molecule has 0 aliphatic carbocycles. The standard InChI is InChI=1S/C15H16FNOS/c1-2-19-15-8-4-7-14(13(15)10-17)18-12-6-3-5-11(16)9-12/h3-9H,2,10,17H2,1H3. The van der Waals surface area contributed by atoms with E-state index in [0.29, 0.717) is 18.0 Å². The van der Waals surface area contributed by atoms with E-state index in [1.807, 2.05) is 18.2 Å². The maximum atomic E-state index is 13.1. The Kier molecular flexibility index (Phi) is 4.82. The third-order valence-corrected chi connectivity index (χ3v) is 3.60. The number of ether oxygens (including phenoxy) is 1. The summed E-state index contributed by atoms with van der Waals surface area (Å²) in [7, 11) is 0. The minimum atomic E-state index is -0.314. The van der Waals surface area contributed by atoms with Gasteiger partial charge in [0.1, 0.15) is 17.3 Å². The fraction of sp³-hybridized carbons (Fsp3) is 0.200. The summed E-state index contributed by atoms with van der Waals surface area (Å²) in [6, 6.07) is 11.9. The van der Waals surface area contributed by atoms with Crippen molar-refractivity contribution < 1.29 is 9.13 Å². The van der Waals surface area contributed by atoms with Crippen molar-refractivity contribution in [1.82, 2.24) is 0 Å². The van der Waals surface area contributed by atoms with Crippen LogP contribution in [0.15, 0.2) is 47.4 Å². The molecule has 0 fully saturated rings. The molecule has 2 nitrogen and oxygen atoms in total. The first-order valence-corrected chi connectivity index (χ1v) is 7.11. The van der Waals surface area contributed by atoms with E-state index in [0.717, 1.165) is 16.2 Å². The van der Waals surface area contributed by atoms with Crippen LogP contribution in [0.5, 0.6) is 11.5 Å². The van der Waals surface area contributed by atoms with Crippen molar-refractivity contribution in [3.8, 4) is 11.5 Å². The quantitative estimate of drug-likeness (QED) is 0.832. The molecule has 2 N–H and O–H groups in total. The maximum absolute atomic E-state index is 13.1. The molecular formula is C15H16FNOS. The highest BCUT2D eigenvalue weighted by Gasteiger charge is 2.09. The first-order valence-electron chi connectivity index (χ1n) is 6.12. The molecule has 0 heterocycles. The minimum Gasteiger partial charge on any atom is -0.457 e. The van der Waals surface area contributed by atoms with Crippen molar-refractivity contribution in [3.63, 3.8) is 0 Å². The molecule has 0 saturated carbocycles. The SMILES string of the molecule is CCSc1cccc(Oc2cccc(F)c2)c1CN. The zero-order valence-corrected chi connectivity index (χ0v) is 11.5. The van der Waals surface area contributed by atoms with Gasteiger partial charge in [0.05, 0.1) is 0 Å². The largest absolute Gasteiger partial charge is 0.457 e. The molecule has 0 unspecified atom stereocenters. The van der Waals surface area contributed by atoms with Crippen molar-refractivity contribution in [2.75, 3.05) is 5.75 Å². The molecule has 2 aromatic carbocycles. The Morgan fingerprint density at radius 1 is 1.21 bits per heavy atom. The molecule has 0 saturated heterocycles. The highest BCUT2D eigenvalue weighted by atomic mass is 32.2. The smallest absolute Gasteiger partial charge is 0.133 e. The Bertz CT molecular complexity index is 560. The maximum Gasteiger partial charge on any atom is 0.133 e. The van der Waals surface area contributed by atoms with E-state index >= 15 is 0 Å². The Morgan fingerprint density at radius 2 is 2.00 bits per heavy atom. The normalized spacial score (nSPS) is 10.5. The molecular weight excluding hydrogens is 261 g/mol. The van der Waals surface area contributed by atoms with Gasteiger partial charge in [0, 0.05) is 23.1 Å². The average molecular weight is 277 g/mol. The number of hydrogen-bond donors (Lipinski definition) is 1. The molecule has 0 radical (unpaired) electrons. The fourth-order valence-corrected chi connectivity index (χ4v) is 2.63. The van der Waals surface area contributed by atoms with Crippen LogP contribution in [0.4, 0.5) is 4.39 Å². The van der Waals surface area contributed by atoms with E-state index in [-0.39, 0.29) is 5.82 Å². The molecule has 0 amide bonds. The highest BCUT2D eigenvalue weighted by molar-refractivity contribution is 7.99. The second-order valence-electron chi connectivity index (χ2n) is 3.93. The third-order valence-electron chi connectivity index (χ3n) is 2.62. The number of halogens is 1. The van der Waals surface area contributed by atoms with Gasteiger partial charge in [0.15, 0.2) is 0 Å². The number of thioether (sulfide) groups is 1. The summed E-state index contributed by atoms with van der Waals surface area (Å²) in [6.07, 6.45) is 0. The van der Waals surface area contributed by atoms with Crippen LogP contribution >= 0.6 is 11.8 Å². The lowest BCUT2D eigenvalue weighted by Crippen LogP contribution is -2.01. The minimum absolute atomic E-state index is 0.314. The summed E-state index contributed by atoms with van der Waals surface area (Å²) in [5.74, 6) is 1.82. The van der Waals surface area contributed by atoms with E-state index in [9.17, 15) is 4.39 Å². The van der Waals surface area contributed by atoms with Gasteiger partial charge in [-0.2, -0.15) is 0 Å². The van der Waals surface area contributed by atoms with Crippen LogP contribution in [-0.2, 0) is 6.54 Å². The second kappa shape index (κ2) is 6.59. The van der Waals surface area contributed by atoms with Crippen molar-refractivity contribution in [1.29, 1.82) is 0 Å². The van der Waals surface area contributed by atoms with Crippen LogP contribution in [-0.4, -0.2) is 5.75 Å². The topological polar surface area (TPSA) is 35.2 Å². The van der Waals surface area contributed by atoms with Gasteiger partial charge in [0.25, 0.3) is 0 Å². The van der Waals surface area contributed by atoms with E-state index in [1.54, 1.807) is 23.9 Å². The molecule has 0 spiro atoms. The fourth-order valence-electron chi connectivity index (χ4n) is 1.79. The lowest BCUT2D eigenvalue weighted by Gasteiger charge is -2.13. The van der Waals surface area contributed by atoms with Gasteiger partial charge >= 0.3 is 0 Å². The third kappa shape index (κ3) is 3.49. The Hall–Kier alpha value is -1.52. The van der Waals surface area contributed by atoms with Gasteiger partial charge < -0.3 is 10.5 Å². The van der Waals surface area contributed by atoms with Crippen LogP contribution in [0, 0.1) is 5.82 Å². The summed E-state index contributed by atoms with van der Waals surface area (Å²) < 4.78 is 18.9. The zero-order valence-electron chi connectivity index (χ0n) is 10.7. The molecule has 0 aliphatic heterocycles. The predicted molar refractivity (Wildman–Crippen MR) is 77.2 cm³/mol. The number of nitrogens with two attached hydrogens (primary N) is 1. The van der Waals surface area contributed by atoms with Crippen molar-refractivity contribution in [3.05, 3.63) is 53.8 Å². The molecule has 4 heteroatoms. The summed E-state index contributed by atoms with van der Waals surface area (Å²) in [6.45, 7) is 2.49. The van der Waals surface area contributed by atoms with Gasteiger partial charge in [-0.1, -0.05) is 19.1 Å². The van der Waals surface area contributed by atoms with Crippen LogP contribution in [0.3, 0.4) is 0 Å². The molecule has 0 bridgehead atoms. The van der Waals surface area contributed by atoms with Gasteiger partial charge in [-0.3, -0.25) is 0 Å². The summed E-state index contributed by atoms with van der Waals surface area (Å²) in [4.78, 5) is 1.11. The monoisotopic (exact) mass is 277 g/mol. The first kappa shape index (κ1) is 13.9. The molecule has 0 aliphatic rings. The second-order valence-corrected chi connectivity index (χ2v) is 5.24. The average Bonchev–Trinajstić information content (AvgIpc) is 2.39. The Balaban J connectivity index is 2.31.